The summed E-state index contributed by atoms with van der Waals surface area (Å²) in [4.78, 5) is 28.6. The van der Waals surface area contributed by atoms with Gasteiger partial charge in [-0.25, -0.2) is 0 Å². The van der Waals surface area contributed by atoms with Gasteiger partial charge in [-0.1, -0.05) is 42.0 Å². The van der Waals surface area contributed by atoms with E-state index in [9.17, 15) is 18.4 Å². The molecule has 0 aliphatic carbocycles. The van der Waals surface area contributed by atoms with Crippen molar-refractivity contribution in [3.8, 4) is 5.75 Å². The summed E-state index contributed by atoms with van der Waals surface area (Å²) in [5.41, 5.74) is 2.34. The number of aryl methyl sites for hydroxylation is 1. The van der Waals surface area contributed by atoms with Crippen molar-refractivity contribution < 1.29 is 23.1 Å². The normalized spacial score (nSPS) is 14.6. The number of halogens is 2. The zero-order valence-electron chi connectivity index (χ0n) is 16.8. The fraction of sp³-hybridized carbons (Fsp3) is 0.364. The minimum absolute atomic E-state index is 0.0704. The predicted molar refractivity (Wildman–Crippen MR) is 110 cm³/mol. The molecule has 0 spiro atoms. The van der Waals surface area contributed by atoms with E-state index in [2.05, 4.69) is 10.1 Å². The molecule has 8 heteroatoms. The molecular formula is C22H25F2N3O3. The van der Waals surface area contributed by atoms with E-state index in [1.54, 1.807) is 17.0 Å². The standard InChI is InChI=1S/C22H25F2N3O3/c1-16-6-8-17(9-7-16)14-21(29)27-12-10-26(11-13-27)15-20(28)25-18-4-2-3-5-19(18)30-22(23)24/h2-9,22H,10-15H2,1H3,(H,25,28). The third-order valence-electron chi connectivity index (χ3n) is 4.95. The number of alkyl halides is 2. The minimum Gasteiger partial charge on any atom is -0.433 e. The largest absolute Gasteiger partial charge is 0.433 e. The molecule has 0 bridgehead atoms. The van der Waals surface area contributed by atoms with E-state index in [1.165, 1.54) is 12.1 Å². The monoisotopic (exact) mass is 417 g/mol. The fourth-order valence-corrected chi connectivity index (χ4v) is 3.31. The van der Waals surface area contributed by atoms with Crippen molar-refractivity contribution in [1.82, 2.24) is 9.80 Å². The second-order valence-corrected chi connectivity index (χ2v) is 7.24. The zero-order chi connectivity index (χ0) is 21.5. The van der Waals surface area contributed by atoms with Crippen molar-refractivity contribution in [2.45, 2.75) is 20.0 Å². The molecule has 1 heterocycles. The number of hydrogen-bond acceptors (Lipinski definition) is 4. The molecule has 160 valence electrons. The van der Waals surface area contributed by atoms with Gasteiger partial charge in [-0.05, 0) is 24.6 Å². The van der Waals surface area contributed by atoms with Gasteiger partial charge in [0.05, 0.1) is 18.7 Å². The van der Waals surface area contributed by atoms with Crippen LogP contribution in [0.4, 0.5) is 14.5 Å². The van der Waals surface area contributed by atoms with Gasteiger partial charge in [0.1, 0.15) is 5.75 Å². The van der Waals surface area contributed by atoms with E-state index in [-0.39, 0.29) is 29.8 Å². The van der Waals surface area contributed by atoms with Crippen LogP contribution in [0.5, 0.6) is 5.75 Å². The highest BCUT2D eigenvalue weighted by atomic mass is 19.3. The van der Waals surface area contributed by atoms with E-state index in [0.717, 1.165) is 11.1 Å². The Balaban J connectivity index is 1.46. The molecule has 3 rings (SSSR count). The summed E-state index contributed by atoms with van der Waals surface area (Å²) >= 11 is 0. The summed E-state index contributed by atoms with van der Waals surface area (Å²) < 4.78 is 29.4. The van der Waals surface area contributed by atoms with E-state index in [1.807, 2.05) is 36.1 Å². The van der Waals surface area contributed by atoms with Crippen LogP contribution in [-0.4, -0.2) is 60.9 Å². The Labute approximate surface area is 174 Å². The third kappa shape index (κ3) is 6.25. The maximum Gasteiger partial charge on any atom is 0.387 e. The van der Waals surface area contributed by atoms with Crippen molar-refractivity contribution in [2.24, 2.45) is 0 Å². The fourth-order valence-electron chi connectivity index (χ4n) is 3.31. The number of nitrogens with zero attached hydrogens (tertiary/aromatic N) is 2. The van der Waals surface area contributed by atoms with Gasteiger partial charge in [0.15, 0.2) is 0 Å². The highest BCUT2D eigenvalue weighted by molar-refractivity contribution is 5.93. The highest BCUT2D eigenvalue weighted by Crippen LogP contribution is 2.25. The smallest absolute Gasteiger partial charge is 0.387 e. The molecule has 0 aromatic heterocycles. The lowest BCUT2D eigenvalue weighted by Crippen LogP contribution is -2.50. The van der Waals surface area contributed by atoms with Gasteiger partial charge in [0, 0.05) is 26.2 Å². The molecule has 30 heavy (non-hydrogen) atoms. The number of carbonyl (C=O) groups is 2. The van der Waals surface area contributed by atoms with Crippen LogP contribution in [0, 0.1) is 6.92 Å². The lowest BCUT2D eigenvalue weighted by atomic mass is 10.1. The molecule has 0 unspecified atom stereocenters. The van der Waals surface area contributed by atoms with Crippen molar-refractivity contribution in [1.29, 1.82) is 0 Å². The van der Waals surface area contributed by atoms with Gasteiger partial charge in [-0.3, -0.25) is 14.5 Å². The zero-order valence-corrected chi connectivity index (χ0v) is 16.8. The third-order valence-corrected chi connectivity index (χ3v) is 4.95. The Bertz CT molecular complexity index is 866. The van der Waals surface area contributed by atoms with Crippen LogP contribution in [0.25, 0.3) is 0 Å². The van der Waals surface area contributed by atoms with Crippen LogP contribution in [0.15, 0.2) is 48.5 Å². The summed E-state index contributed by atoms with van der Waals surface area (Å²) in [7, 11) is 0. The number of para-hydroxylation sites is 2. The summed E-state index contributed by atoms with van der Waals surface area (Å²) in [6, 6.07) is 14.0. The van der Waals surface area contributed by atoms with Gasteiger partial charge >= 0.3 is 6.61 Å². The molecule has 2 aromatic rings. The first kappa shape index (κ1) is 21.7. The van der Waals surface area contributed by atoms with Gasteiger partial charge in [0.2, 0.25) is 11.8 Å². The van der Waals surface area contributed by atoms with Crippen LogP contribution in [-0.2, 0) is 16.0 Å². The first-order valence-electron chi connectivity index (χ1n) is 9.80. The lowest BCUT2D eigenvalue weighted by molar-refractivity contribution is -0.132. The number of amides is 2. The Hall–Kier alpha value is -3.00. The maximum absolute atomic E-state index is 12.5. The molecule has 0 radical (unpaired) electrons. The molecule has 1 fully saturated rings. The van der Waals surface area contributed by atoms with Gasteiger partial charge in [-0.2, -0.15) is 8.78 Å². The number of ether oxygens (including phenoxy) is 1. The van der Waals surface area contributed by atoms with E-state index in [4.69, 9.17) is 0 Å². The Morgan fingerprint density at radius 3 is 2.37 bits per heavy atom. The van der Waals surface area contributed by atoms with E-state index >= 15 is 0 Å². The maximum atomic E-state index is 12.5. The summed E-state index contributed by atoms with van der Waals surface area (Å²) in [6.45, 7) is 1.39. The molecule has 1 aliphatic heterocycles. The van der Waals surface area contributed by atoms with Crippen LogP contribution >= 0.6 is 0 Å². The molecule has 2 amide bonds. The lowest BCUT2D eigenvalue weighted by Gasteiger charge is -2.34. The first-order valence-corrected chi connectivity index (χ1v) is 9.80. The van der Waals surface area contributed by atoms with Crippen LogP contribution in [0.1, 0.15) is 11.1 Å². The molecule has 1 aliphatic rings. The van der Waals surface area contributed by atoms with Crippen molar-refractivity contribution >= 4 is 17.5 Å². The average molecular weight is 417 g/mol. The van der Waals surface area contributed by atoms with Crippen molar-refractivity contribution in [3.63, 3.8) is 0 Å². The average Bonchev–Trinajstić information content (AvgIpc) is 2.71. The molecule has 1 saturated heterocycles. The quantitative estimate of drug-likeness (QED) is 0.753. The van der Waals surface area contributed by atoms with E-state index in [0.29, 0.717) is 32.6 Å². The predicted octanol–water partition coefficient (Wildman–Crippen LogP) is 2.92. The van der Waals surface area contributed by atoms with Crippen molar-refractivity contribution in [3.05, 3.63) is 59.7 Å². The summed E-state index contributed by atoms with van der Waals surface area (Å²) in [5.74, 6) is -0.326. The second kappa shape index (κ2) is 10.2. The molecular weight excluding hydrogens is 392 g/mol. The SMILES string of the molecule is Cc1ccc(CC(=O)N2CCN(CC(=O)Nc3ccccc3OC(F)F)CC2)cc1. The van der Waals surface area contributed by atoms with Crippen LogP contribution in [0.2, 0.25) is 0 Å². The van der Waals surface area contributed by atoms with Gasteiger partial charge in [-0.15, -0.1) is 0 Å². The number of anilines is 1. The second-order valence-electron chi connectivity index (χ2n) is 7.24. The number of carbonyl (C=O) groups excluding carboxylic acids is 2. The van der Waals surface area contributed by atoms with Gasteiger partial charge in [0.25, 0.3) is 0 Å². The minimum atomic E-state index is -2.96. The van der Waals surface area contributed by atoms with Crippen LogP contribution in [0.3, 0.4) is 0 Å². The Morgan fingerprint density at radius 2 is 1.70 bits per heavy atom. The van der Waals surface area contributed by atoms with Crippen molar-refractivity contribution in [2.75, 3.05) is 38.0 Å². The van der Waals surface area contributed by atoms with E-state index < -0.39 is 6.61 Å². The number of rotatable bonds is 7. The Kier molecular flexibility index (Phi) is 7.35. The summed E-state index contributed by atoms with van der Waals surface area (Å²) in [5, 5.41) is 2.61. The first-order chi connectivity index (χ1) is 14.4. The molecule has 0 atom stereocenters. The number of benzene rings is 2. The summed E-state index contributed by atoms with van der Waals surface area (Å²) in [6.07, 6.45) is 0.363. The number of nitrogens with one attached hydrogen (secondary N) is 1. The number of hydrogen-bond donors (Lipinski definition) is 1. The van der Waals surface area contributed by atoms with Gasteiger partial charge < -0.3 is 15.0 Å². The Morgan fingerprint density at radius 1 is 1.03 bits per heavy atom. The molecule has 1 N–H and O–H groups in total. The molecule has 2 aromatic carbocycles. The molecule has 0 saturated carbocycles. The van der Waals surface area contributed by atoms with Crippen LogP contribution < -0.4 is 10.1 Å². The topological polar surface area (TPSA) is 61.9 Å². The highest BCUT2D eigenvalue weighted by Gasteiger charge is 2.23. The molecule has 6 nitrogen and oxygen atoms in total. The number of piperazine rings is 1.